The van der Waals surface area contributed by atoms with E-state index in [9.17, 15) is 5.11 Å². The molecule has 1 aliphatic rings. The van der Waals surface area contributed by atoms with Crippen molar-refractivity contribution in [2.24, 2.45) is 0 Å². The van der Waals surface area contributed by atoms with Crippen molar-refractivity contribution in [1.29, 1.82) is 0 Å². The third kappa shape index (κ3) is 2.73. The maximum absolute atomic E-state index is 9.35. The molecule has 3 nitrogen and oxygen atoms in total. The van der Waals surface area contributed by atoms with Crippen LogP contribution in [0.15, 0.2) is 0 Å². The topological polar surface area (TPSA) is 43.7 Å². The van der Waals surface area contributed by atoms with E-state index >= 15 is 0 Å². The summed E-state index contributed by atoms with van der Waals surface area (Å²) in [5.74, 6) is 0. The number of piperidine rings is 1. The summed E-state index contributed by atoms with van der Waals surface area (Å²) in [5.41, 5.74) is 0. The highest BCUT2D eigenvalue weighted by Gasteiger charge is 2.22. The van der Waals surface area contributed by atoms with E-state index < -0.39 is 0 Å². The number of likely N-dealkylation sites (tertiary alicyclic amines) is 1. The van der Waals surface area contributed by atoms with Gasteiger partial charge >= 0.3 is 0 Å². The maximum atomic E-state index is 9.35. The molecule has 3 heteroatoms. The number of hydrogen-bond donors (Lipinski definition) is 2. The number of aliphatic hydroxyl groups is 2. The van der Waals surface area contributed by atoms with Crippen molar-refractivity contribution < 1.29 is 10.2 Å². The van der Waals surface area contributed by atoms with Crippen LogP contribution in [-0.4, -0.2) is 47.0 Å². The van der Waals surface area contributed by atoms with Crippen LogP contribution in [0, 0.1) is 0 Å². The molecule has 2 atom stereocenters. The van der Waals surface area contributed by atoms with Crippen LogP contribution in [0.1, 0.15) is 26.2 Å². The molecule has 1 fully saturated rings. The van der Waals surface area contributed by atoms with Gasteiger partial charge in [-0.1, -0.05) is 0 Å². The van der Waals surface area contributed by atoms with E-state index in [-0.39, 0.29) is 12.7 Å². The van der Waals surface area contributed by atoms with E-state index in [2.05, 4.69) is 11.8 Å². The van der Waals surface area contributed by atoms with Gasteiger partial charge in [0.05, 0.1) is 6.10 Å². The average molecular weight is 173 g/mol. The smallest absolute Gasteiger partial charge is 0.0567 e. The quantitative estimate of drug-likeness (QED) is 0.641. The first-order valence-corrected chi connectivity index (χ1v) is 4.77. The molecule has 0 radical (unpaired) electrons. The number of nitrogens with zero attached hydrogens (tertiary/aromatic N) is 1. The van der Waals surface area contributed by atoms with Crippen LogP contribution in [0.3, 0.4) is 0 Å². The Labute approximate surface area is 74.0 Å². The molecule has 2 N–H and O–H groups in total. The minimum absolute atomic E-state index is 0.106. The fourth-order valence-electron chi connectivity index (χ4n) is 1.80. The van der Waals surface area contributed by atoms with Gasteiger partial charge in [-0.25, -0.2) is 0 Å². The summed E-state index contributed by atoms with van der Waals surface area (Å²) in [7, 11) is 0. The predicted octanol–water partition coefficient (Wildman–Crippen LogP) is 0.214. The van der Waals surface area contributed by atoms with Crippen molar-refractivity contribution in [1.82, 2.24) is 4.90 Å². The second kappa shape index (κ2) is 4.80. The van der Waals surface area contributed by atoms with Gasteiger partial charge in [-0.15, -0.1) is 0 Å². The van der Waals surface area contributed by atoms with E-state index in [0.29, 0.717) is 6.04 Å². The summed E-state index contributed by atoms with van der Waals surface area (Å²) >= 11 is 0. The normalized spacial score (nSPS) is 32.2. The molecule has 0 aromatic rings. The van der Waals surface area contributed by atoms with Crippen LogP contribution in [0.5, 0.6) is 0 Å². The van der Waals surface area contributed by atoms with Crippen LogP contribution in [-0.2, 0) is 0 Å². The van der Waals surface area contributed by atoms with Gasteiger partial charge in [0.1, 0.15) is 0 Å². The minimum Gasteiger partial charge on any atom is -0.396 e. The number of hydrogen-bond acceptors (Lipinski definition) is 3. The van der Waals surface area contributed by atoms with Crippen molar-refractivity contribution >= 4 is 0 Å². The Bertz CT molecular complexity index is 128. The van der Waals surface area contributed by atoms with Crippen molar-refractivity contribution in [3.05, 3.63) is 0 Å². The average Bonchev–Trinajstić information content (AvgIpc) is 2.03. The Hall–Kier alpha value is -0.120. The van der Waals surface area contributed by atoms with Gasteiger partial charge in [0.15, 0.2) is 0 Å². The highest BCUT2D eigenvalue weighted by atomic mass is 16.3. The lowest BCUT2D eigenvalue weighted by Crippen LogP contribution is -2.43. The molecular formula is C9H19NO2. The lowest BCUT2D eigenvalue weighted by atomic mass is 10.0. The molecule has 1 heterocycles. The monoisotopic (exact) mass is 173 g/mol. The van der Waals surface area contributed by atoms with Crippen molar-refractivity contribution in [2.45, 2.75) is 38.3 Å². The van der Waals surface area contributed by atoms with Crippen LogP contribution in [0.2, 0.25) is 0 Å². The van der Waals surface area contributed by atoms with Gasteiger partial charge in [0.2, 0.25) is 0 Å². The molecule has 0 aromatic carbocycles. The number of aliphatic hydroxyl groups excluding tert-OH is 2. The van der Waals surface area contributed by atoms with Gasteiger partial charge in [-0.2, -0.15) is 0 Å². The first-order valence-electron chi connectivity index (χ1n) is 4.77. The molecule has 72 valence electrons. The van der Waals surface area contributed by atoms with Crippen molar-refractivity contribution in [3.8, 4) is 0 Å². The van der Waals surface area contributed by atoms with E-state index in [0.717, 1.165) is 32.4 Å². The van der Waals surface area contributed by atoms with E-state index in [1.54, 1.807) is 0 Å². The predicted molar refractivity (Wildman–Crippen MR) is 48.0 cm³/mol. The Morgan fingerprint density at radius 3 is 2.83 bits per heavy atom. The third-order valence-electron chi connectivity index (χ3n) is 2.59. The summed E-state index contributed by atoms with van der Waals surface area (Å²) in [4.78, 5) is 2.34. The fraction of sp³-hybridized carbons (Fsp3) is 1.00. The van der Waals surface area contributed by atoms with Crippen LogP contribution >= 0.6 is 0 Å². The second-order valence-corrected chi connectivity index (χ2v) is 3.64. The standard InChI is InChI=1S/C9H19NO2/c1-8-7-9(12)3-5-10(8)4-2-6-11/h8-9,11-12H,2-7H2,1H3. The molecule has 0 spiro atoms. The second-order valence-electron chi connectivity index (χ2n) is 3.64. The molecule has 0 aliphatic carbocycles. The van der Waals surface area contributed by atoms with Gasteiger partial charge in [0.25, 0.3) is 0 Å². The van der Waals surface area contributed by atoms with Crippen LogP contribution in [0.25, 0.3) is 0 Å². The molecule has 12 heavy (non-hydrogen) atoms. The highest BCUT2D eigenvalue weighted by Crippen LogP contribution is 2.16. The molecule has 0 amide bonds. The summed E-state index contributed by atoms with van der Waals surface area (Å²) < 4.78 is 0. The first-order chi connectivity index (χ1) is 5.74. The Morgan fingerprint density at radius 2 is 2.25 bits per heavy atom. The molecular weight excluding hydrogens is 154 g/mol. The SMILES string of the molecule is CC1CC(O)CCN1CCCO. The molecule has 0 aromatic heterocycles. The largest absolute Gasteiger partial charge is 0.396 e. The van der Waals surface area contributed by atoms with E-state index in [1.807, 2.05) is 0 Å². The molecule has 1 saturated heterocycles. The zero-order valence-corrected chi connectivity index (χ0v) is 7.74. The molecule has 2 unspecified atom stereocenters. The summed E-state index contributed by atoms with van der Waals surface area (Å²) in [6, 6.07) is 0.472. The molecule has 0 bridgehead atoms. The Kier molecular flexibility index (Phi) is 3.98. The van der Waals surface area contributed by atoms with Gasteiger partial charge in [-0.3, -0.25) is 0 Å². The van der Waals surface area contributed by atoms with Gasteiger partial charge in [0, 0.05) is 25.7 Å². The van der Waals surface area contributed by atoms with Crippen LogP contribution < -0.4 is 0 Å². The fourth-order valence-corrected chi connectivity index (χ4v) is 1.80. The van der Waals surface area contributed by atoms with Gasteiger partial charge in [-0.05, 0) is 26.2 Å². The van der Waals surface area contributed by atoms with Crippen LogP contribution in [0.4, 0.5) is 0 Å². The van der Waals surface area contributed by atoms with Gasteiger partial charge < -0.3 is 15.1 Å². The molecule has 1 rings (SSSR count). The van der Waals surface area contributed by atoms with Crippen molar-refractivity contribution in [3.63, 3.8) is 0 Å². The van der Waals surface area contributed by atoms with E-state index in [4.69, 9.17) is 5.11 Å². The number of rotatable bonds is 3. The highest BCUT2D eigenvalue weighted by molar-refractivity contribution is 4.77. The Balaban J connectivity index is 2.25. The Morgan fingerprint density at radius 1 is 1.50 bits per heavy atom. The first kappa shape index (κ1) is 9.96. The zero-order valence-electron chi connectivity index (χ0n) is 7.74. The molecule has 0 saturated carbocycles. The van der Waals surface area contributed by atoms with Crippen molar-refractivity contribution in [2.75, 3.05) is 19.7 Å². The lowest BCUT2D eigenvalue weighted by Gasteiger charge is -2.35. The maximum Gasteiger partial charge on any atom is 0.0567 e. The molecule has 1 aliphatic heterocycles. The third-order valence-corrected chi connectivity index (χ3v) is 2.59. The summed E-state index contributed by atoms with van der Waals surface area (Å²) in [6.07, 6.45) is 2.51. The summed E-state index contributed by atoms with van der Waals surface area (Å²) in [5, 5.41) is 18.0. The zero-order chi connectivity index (χ0) is 8.97. The minimum atomic E-state index is -0.106. The van der Waals surface area contributed by atoms with E-state index in [1.165, 1.54) is 0 Å². The summed E-state index contributed by atoms with van der Waals surface area (Å²) in [6.45, 7) is 4.35. The lowest BCUT2D eigenvalue weighted by molar-refractivity contribution is 0.0454.